The van der Waals surface area contributed by atoms with Crippen molar-refractivity contribution in [1.29, 1.82) is 0 Å². The first-order valence-corrected chi connectivity index (χ1v) is 6.66. The molecule has 0 aliphatic heterocycles. The van der Waals surface area contributed by atoms with E-state index >= 15 is 0 Å². The molecule has 1 heterocycles. The minimum absolute atomic E-state index is 0.720. The molecule has 3 heteroatoms. The summed E-state index contributed by atoms with van der Waals surface area (Å²) < 4.78 is 1.81. The molecule has 1 aromatic heterocycles. The van der Waals surface area contributed by atoms with Crippen LogP contribution in [0.5, 0.6) is 0 Å². The summed E-state index contributed by atoms with van der Waals surface area (Å²) in [5.74, 6) is 5.97. The van der Waals surface area contributed by atoms with Crippen LogP contribution in [0.25, 0.3) is 5.69 Å². The third-order valence-corrected chi connectivity index (χ3v) is 2.75. The first-order chi connectivity index (χ1) is 10.2. The standard InChI is InChI=1S/C18H17N3/c1-4-5-13-19-16(3)8-9-17-12-14-21(20-17)18-10-6-15(2)7-11-18/h4-7,10-14H,1H2,2-3H3/b13-5-,19-16?. The maximum absolute atomic E-state index is 4.43. The normalized spacial score (nSPS) is 11.2. The smallest absolute Gasteiger partial charge is 0.136 e. The van der Waals surface area contributed by atoms with Crippen LogP contribution in [0, 0.1) is 18.8 Å². The minimum Gasteiger partial charge on any atom is -0.253 e. The van der Waals surface area contributed by atoms with E-state index in [4.69, 9.17) is 0 Å². The fourth-order valence-corrected chi connectivity index (χ4v) is 1.63. The molecule has 0 amide bonds. The van der Waals surface area contributed by atoms with Crippen molar-refractivity contribution < 1.29 is 0 Å². The Hall–Kier alpha value is -2.86. The molecule has 0 radical (unpaired) electrons. The lowest BCUT2D eigenvalue weighted by atomic mass is 10.2. The first kappa shape index (κ1) is 14.5. The molecule has 0 atom stereocenters. The fourth-order valence-electron chi connectivity index (χ4n) is 1.63. The molecule has 2 aromatic rings. The summed E-state index contributed by atoms with van der Waals surface area (Å²) in [5, 5.41) is 4.43. The molecule has 0 aliphatic carbocycles. The van der Waals surface area contributed by atoms with Gasteiger partial charge in [0.25, 0.3) is 0 Å². The van der Waals surface area contributed by atoms with Gasteiger partial charge in [-0.15, -0.1) is 0 Å². The molecule has 2 rings (SSSR count). The number of aryl methyl sites for hydroxylation is 1. The number of aliphatic imine (C=N–C) groups is 1. The molecule has 1 aromatic carbocycles. The quantitative estimate of drug-likeness (QED) is 0.477. The van der Waals surface area contributed by atoms with Crippen LogP contribution in [0.2, 0.25) is 0 Å². The van der Waals surface area contributed by atoms with Gasteiger partial charge in [0, 0.05) is 12.4 Å². The molecule has 0 bridgehead atoms. The molecule has 0 N–H and O–H groups in total. The van der Waals surface area contributed by atoms with E-state index in [9.17, 15) is 0 Å². The van der Waals surface area contributed by atoms with E-state index in [1.165, 1.54) is 5.56 Å². The molecule has 0 saturated heterocycles. The number of benzene rings is 1. The van der Waals surface area contributed by atoms with Crippen LogP contribution < -0.4 is 0 Å². The maximum atomic E-state index is 4.43. The molecule has 0 fully saturated rings. The summed E-state index contributed by atoms with van der Waals surface area (Å²) >= 11 is 0. The van der Waals surface area contributed by atoms with Gasteiger partial charge in [-0.05, 0) is 50.0 Å². The zero-order valence-electron chi connectivity index (χ0n) is 12.2. The number of hydrogen-bond donors (Lipinski definition) is 0. The fraction of sp³-hybridized carbons (Fsp3) is 0.111. The minimum atomic E-state index is 0.720. The van der Waals surface area contributed by atoms with Crippen molar-refractivity contribution in [1.82, 2.24) is 9.78 Å². The predicted octanol–water partition coefficient (Wildman–Crippen LogP) is 3.69. The Morgan fingerprint density at radius 3 is 2.76 bits per heavy atom. The van der Waals surface area contributed by atoms with Crippen LogP contribution in [0.4, 0.5) is 0 Å². The predicted molar refractivity (Wildman–Crippen MR) is 87.6 cm³/mol. The summed E-state index contributed by atoms with van der Waals surface area (Å²) in [6.07, 6.45) is 7.01. The van der Waals surface area contributed by atoms with Gasteiger partial charge < -0.3 is 0 Å². The van der Waals surface area contributed by atoms with E-state index in [0.717, 1.165) is 17.1 Å². The third kappa shape index (κ3) is 4.32. The Labute approximate surface area is 125 Å². The van der Waals surface area contributed by atoms with Crippen molar-refractivity contribution >= 4 is 5.71 Å². The van der Waals surface area contributed by atoms with Gasteiger partial charge in [0.1, 0.15) is 5.69 Å². The van der Waals surface area contributed by atoms with Gasteiger partial charge in [0.15, 0.2) is 0 Å². The Morgan fingerprint density at radius 2 is 2.05 bits per heavy atom. The van der Waals surface area contributed by atoms with Crippen molar-refractivity contribution in [2.45, 2.75) is 13.8 Å². The average molecular weight is 275 g/mol. The van der Waals surface area contributed by atoms with E-state index in [1.54, 1.807) is 18.4 Å². The molecule has 0 saturated carbocycles. The van der Waals surface area contributed by atoms with Crippen LogP contribution >= 0.6 is 0 Å². The van der Waals surface area contributed by atoms with E-state index in [0.29, 0.717) is 0 Å². The average Bonchev–Trinajstić information content (AvgIpc) is 2.95. The highest BCUT2D eigenvalue weighted by atomic mass is 15.3. The van der Waals surface area contributed by atoms with Crippen molar-refractivity contribution in [3.8, 4) is 17.5 Å². The topological polar surface area (TPSA) is 30.2 Å². The van der Waals surface area contributed by atoms with E-state index in [2.05, 4.69) is 47.6 Å². The van der Waals surface area contributed by atoms with Crippen LogP contribution in [-0.4, -0.2) is 15.5 Å². The molecule has 0 aliphatic rings. The molecule has 21 heavy (non-hydrogen) atoms. The zero-order chi connectivity index (χ0) is 15.1. The van der Waals surface area contributed by atoms with Crippen LogP contribution in [-0.2, 0) is 0 Å². The third-order valence-electron chi connectivity index (χ3n) is 2.75. The highest BCUT2D eigenvalue weighted by molar-refractivity contribution is 5.99. The van der Waals surface area contributed by atoms with E-state index < -0.39 is 0 Å². The zero-order valence-corrected chi connectivity index (χ0v) is 12.2. The maximum Gasteiger partial charge on any atom is 0.136 e. The second-order valence-electron chi connectivity index (χ2n) is 4.52. The highest BCUT2D eigenvalue weighted by Gasteiger charge is 1.98. The van der Waals surface area contributed by atoms with Crippen molar-refractivity contribution in [2.75, 3.05) is 0 Å². The van der Waals surface area contributed by atoms with Gasteiger partial charge >= 0.3 is 0 Å². The van der Waals surface area contributed by atoms with E-state index in [1.807, 2.05) is 36.0 Å². The molecule has 3 nitrogen and oxygen atoms in total. The summed E-state index contributed by atoms with van der Waals surface area (Å²) in [5.41, 5.74) is 3.70. The molecular formula is C18H17N3. The number of aromatic nitrogens is 2. The summed E-state index contributed by atoms with van der Waals surface area (Å²) in [4.78, 5) is 4.16. The summed E-state index contributed by atoms with van der Waals surface area (Å²) in [6.45, 7) is 7.50. The summed E-state index contributed by atoms with van der Waals surface area (Å²) in [6, 6.07) is 10.1. The van der Waals surface area contributed by atoms with E-state index in [-0.39, 0.29) is 0 Å². The Balaban J connectivity index is 2.14. The highest BCUT2D eigenvalue weighted by Crippen LogP contribution is 2.08. The Bertz CT molecular complexity index is 735. The number of nitrogens with zero attached hydrogens (tertiary/aromatic N) is 3. The second-order valence-corrected chi connectivity index (χ2v) is 4.52. The Kier molecular flexibility index (Phi) is 4.89. The number of allylic oxidation sites excluding steroid dienone is 2. The van der Waals surface area contributed by atoms with Crippen molar-refractivity contribution in [3.05, 3.63) is 72.7 Å². The van der Waals surface area contributed by atoms with Crippen LogP contribution in [0.1, 0.15) is 18.2 Å². The van der Waals surface area contributed by atoms with Gasteiger partial charge in [-0.3, -0.25) is 4.99 Å². The lowest BCUT2D eigenvalue weighted by Crippen LogP contribution is -1.95. The Morgan fingerprint density at radius 1 is 1.29 bits per heavy atom. The van der Waals surface area contributed by atoms with Gasteiger partial charge in [0.05, 0.1) is 11.4 Å². The monoisotopic (exact) mass is 275 g/mol. The molecular weight excluding hydrogens is 258 g/mol. The summed E-state index contributed by atoms with van der Waals surface area (Å²) in [7, 11) is 0. The van der Waals surface area contributed by atoms with Gasteiger partial charge in [-0.1, -0.05) is 30.4 Å². The lowest BCUT2D eigenvalue weighted by molar-refractivity contribution is 0.874. The number of hydrogen-bond acceptors (Lipinski definition) is 2. The van der Waals surface area contributed by atoms with Crippen LogP contribution in [0.3, 0.4) is 0 Å². The van der Waals surface area contributed by atoms with Crippen LogP contribution in [0.15, 0.2) is 66.5 Å². The molecule has 0 unspecified atom stereocenters. The van der Waals surface area contributed by atoms with Crippen molar-refractivity contribution in [3.63, 3.8) is 0 Å². The first-order valence-electron chi connectivity index (χ1n) is 6.66. The largest absolute Gasteiger partial charge is 0.253 e. The molecule has 104 valence electrons. The van der Waals surface area contributed by atoms with Gasteiger partial charge in [-0.2, -0.15) is 5.10 Å². The SMILES string of the molecule is C=C/C=C\N=C(C)C#Cc1ccn(-c2ccc(C)cc2)n1. The number of rotatable bonds is 3. The van der Waals surface area contributed by atoms with Crippen molar-refractivity contribution in [2.24, 2.45) is 4.99 Å². The lowest BCUT2D eigenvalue weighted by Gasteiger charge is -2.00. The second kappa shape index (κ2) is 7.06. The van der Waals surface area contributed by atoms with Gasteiger partial charge in [-0.25, -0.2) is 4.68 Å². The molecule has 0 spiro atoms. The van der Waals surface area contributed by atoms with Gasteiger partial charge in [0.2, 0.25) is 0 Å².